The van der Waals surface area contributed by atoms with Gasteiger partial charge < -0.3 is 10.2 Å². The first-order chi connectivity index (χ1) is 9.24. The molecule has 0 spiro atoms. The van der Waals surface area contributed by atoms with Crippen molar-refractivity contribution >= 4 is 11.6 Å². The second-order valence-electron chi connectivity index (χ2n) is 5.66. The predicted octanol–water partition coefficient (Wildman–Crippen LogP) is 3.69. The van der Waals surface area contributed by atoms with Gasteiger partial charge in [-0.2, -0.15) is 0 Å². The molecule has 1 aromatic carbocycles. The molecule has 1 N–H and O–H groups in total. The van der Waals surface area contributed by atoms with Crippen molar-refractivity contribution in [3.05, 3.63) is 34.9 Å². The van der Waals surface area contributed by atoms with Crippen LogP contribution in [0.5, 0.6) is 0 Å². The van der Waals surface area contributed by atoms with Gasteiger partial charge in [0, 0.05) is 17.6 Å². The zero-order chi connectivity index (χ0) is 13.5. The van der Waals surface area contributed by atoms with Gasteiger partial charge in [-0.25, -0.2) is 0 Å². The van der Waals surface area contributed by atoms with Crippen molar-refractivity contribution in [1.29, 1.82) is 0 Å². The number of nitrogens with zero attached hydrogens (tertiary/aromatic N) is 1. The Hall–Kier alpha value is -0.570. The molecule has 1 fully saturated rings. The van der Waals surface area contributed by atoms with E-state index in [1.165, 1.54) is 44.2 Å². The molecular weight excluding hydrogens is 256 g/mol. The van der Waals surface area contributed by atoms with E-state index in [4.69, 9.17) is 11.6 Å². The molecule has 0 atom stereocenters. The number of nitrogens with one attached hydrogen (secondary N) is 1. The topological polar surface area (TPSA) is 15.3 Å². The van der Waals surface area contributed by atoms with E-state index in [0.29, 0.717) is 0 Å². The largest absolute Gasteiger partial charge is 0.314 e. The van der Waals surface area contributed by atoms with Crippen LogP contribution in [0.3, 0.4) is 0 Å². The molecule has 0 bridgehead atoms. The predicted molar refractivity (Wildman–Crippen MR) is 82.7 cm³/mol. The summed E-state index contributed by atoms with van der Waals surface area (Å²) in [6.45, 7) is 3.35. The highest BCUT2D eigenvalue weighted by atomic mass is 35.5. The molecule has 1 aromatic rings. The molecule has 3 heteroatoms. The second-order valence-corrected chi connectivity index (χ2v) is 6.09. The van der Waals surface area contributed by atoms with E-state index in [2.05, 4.69) is 29.4 Å². The van der Waals surface area contributed by atoms with Crippen LogP contribution < -0.4 is 5.32 Å². The van der Waals surface area contributed by atoms with E-state index in [1.807, 2.05) is 12.1 Å². The molecule has 19 heavy (non-hydrogen) atoms. The zero-order valence-corrected chi connectivity index (χ0v) is 12.6. The SMILES string of the molecule is CN(CCCCCNC1CC1)Cc1cccc(Cl)c1. The van der Waals surface area contributed by atoms with Crippen molar-refractivity contribution in [3.8, 4) is 0 Å². The Morgan fingerprint density at radius 2 is 2.11 bits per heavy atom. The van der Waals surface area contributed by atoms with Gasteiger partial charge in [0.1, 0.15) is 0 Å². The maximum absolute atomic E-state index is 5.99. The fourth-order valence-corrected chi connectivity index (χ4v) is 2.52. The number of unbranched alkanes of at least 4 members (excludes halogenated alkanes) is 2. The summed E-state index contributed by atoms with van der Waals surface area (Å²) in [5.74, 6) is 0. The molecule has 0 aliphatic heterocycles. The fraction of sp³-hybridized carbons (Fsp3) is 0.625. The van der Waals surface area contributed by atoms with E-state index < -0.39 is 0 Å². The van der Waals surface area contributed by atoms with Gasteiger partial charge in [0.25, 0.3) is 0 Å². The summed E-state index contributed by atoms with van der Waals surface area (Å²) in [6, 6.07) is 9.00. The number of benzene rings is 1. The average Bonchev–Trinajstić information content (AvgIpc) is 3.17. The van der Waals surface area contributed by atoms with Crippen LogP contribution in [0.25, 0.3) is 0 Å². The molecule has 1 aliphatic rings. The molecule has 106 valence electrons. The van der Waals surface area contributed by atoms with Crippen molar-refractivity contribution < 1.29 is 0 Å². The van der Waals surface area contributed by atoms with Crippen molar-refractivity contribution in [2.24, 2.45) is 0 Å². The molecule has 0 unspecified atom stereocenters. The minimum Gasteiger partial charge on any atom is -0.314 e. The van der Waals surface area contributed by atoms with Crippen molar-refractivity contribution in [2.75, 3.05) is 20.1 Å². The summed E-state index contributed by atoms with van der Waals surface area (Å²) < 4.78 is 0. The lowest BCUT2D eigenvalue weighted by atomic mass is 10.2. The first-order valence-electron chi connectivity index (χ1n) is 7.40. The molecule has 2 rings (SSSR count). The normalized spacial score (nSPS) is 15.1. The molecule has 0 aromatic heterocycles. The molecule has 2 nitrogen and oxygen atoms in total. The number of rotatable bonds is 9. The maximum Gasteiger partial charge on any atom is 0.0409 e. The highest BCUT2D eigenvalue weighted by molar-refractivity contribution is 6.30. The Labute approximate surface area is 122 Å². The second kappa shape index (κ2) is 7.88. The van der Waals surface area contributed by atoms with Crippen LogP contribution in [0, 0.1) is 0 Å². The van der Waals surface area contributed by atoms with Gasteiger partial charge in [0.05, 0.1) is 0 Å². The molecule has 0 heterocycles. The van der Waals surface area contributed by atoms with Gasteiger partial charge in [0.2, 0.25) is 0 Å². The zero-order valence-electron chi connectivity index (χ0n) is 11.9. The average molecular weight is 281 g/mol. The Morgan fingerprint density at radius 1 is 1.26 bits per heavy atom. The molecule has 0 saturated heterocycles. The van der Waals surface area contributed by atoms with E-state index in [0.717, 1.165) is 24.2 Å². The molecule has 0 amide bonds. The number of halogens is 1. The van der Waals surface area contributed by atoms with Gasteiger partial charge in [-0.3, -0.25) is 0 Å². The lowest BCUT2D eigenvalue weighted by Crippen LogP contribution is -2.20. The number of hydrogen-bond donors (Lipinski definition) is 1. The summed E-state index contributed by atoms with van der Waals surface area (Å²) >= 11 is 5.99. The van der Waals surface area contributed by atoms with E-state index in [9.17, 15) is 0 Å². The third kappa shape index (κ3) is 6.42. The highest BCUT2D eigenvalue weighted by Crippen LogP contribution is 2.18. The van der Waals surface area contributed by atoms with Crippen molar-refractivity contribution in [2.45, 2.75) is 44.7 Å². The summed E-state index contributed by atoms with van der Waals surface area (Å²) in [5, 5.41) is 4.39. The Balaban J connectivity index is 1.52. The molecular formula is C16H25ClN2. The van der Waals surface area contributed by atoms with Gasteiger partial charge in [-0.05, 0) is 63.5 Å². The van der Waals surface area contributed by atoms with Crippen LogP contribution in [-0.2, 0) is 6.54 Å². The van der Waals surface area contributed by atoms with Gasteiger partial charge in [-0.15, -0.1) is 0 Å². The van der Waals surface area contributed by atoms with Crippen molar-refractivity contribution in [1.82, 2.24) is 10.2 Å². The van der Waals surface area contributed by atoms with E-state index in [-0.39, 0.29) is 0 Å². The lowest BCUT2D eigenvalue weighted by molar-refractivity contribution is 0.317. The third-order valence-electron chi connectivity index (χ3n) is 3.57. The highest BCUT2D eigenvalue weighted by Gasteiger charge is 2.19. The lowest BCUT2D eigenvalue weighted by Gasteiger charge is -2.16. The molecule has 0 radical (unpaired) electrons. The summed E-state index contributed by atoms with van der Waals surface area (Å²) in [5.41, 5.74) is 1.30. The number of hydrogen-bond acceptors (Lipinski definition) is 2. The first-order valence-corrected chi connectivity index (χ1v) is 7.78. The van der Waals surface area contributed by atoms with Crippen molar-refractivity contribution in [3.63, 3.8) is 0 Å². The standard InChI is InChI=1S/C16H25ClN2/c1-19(13-14-6-5-7-15(17)12-14)11-4-2-3-10-18-16-8-9-16/h5-7,12,16,18H,2-4,8-11,13H2,1H3. The Morgan fingerprint density at radius 3 is 2.84 bits per heavy atom. The third-order valence-corrected chi connectivity index (χ3v) is 3.80. The quantitative estimate of drug-likeness (QED) is 0.694. The first kappa shape index (κ1) is 14.8. The maximum atomic E-state index is 5.99. The van der Waals surface area contributed by atoms with Gasteiger partial charge in [0.15, 0.2) is 0 Å². The summed E-state index contributed by atoms with van der Waals surface area (Å²) in [4.78, 5) is 2.37. The monoisotopic (exact) mass is 280 g/mol. The van der Waals surface area contributed by atoms with Crippen LogP contribution in [0.1, 0.15) is 37.7 Å². The van der Waals surface area contributed by atoms with Crippen LogP contribution >= 0.6 is 11.6 Å². The van der Waals surface area contributed by atoms with Gasteiger partial charge in [-0.1, -0.05) is 30.2 Å². The van der Waals surface area contributed by atoms with E-state index in [1.54, 1.807) is 0 Å². The van der Waals surface area contributed by atoms with E-state index >= 15 is 0 Å². The fourth-order valence-electron chi connectivity index (χ4n) is 2.30. The Bertz CT molecular complexity index is 377. The minimum atomic E-state index is 0.831. The Kier molecular flexibility index (Phi) is 6.15. The molecule has 1 saturated carbocycles. The minimum absolute atomic E-state index is 0.831. The van der Waals surface area contributed by atoms with Crippen LogP contribution in [-0.4, -0.2) is 31.1 Å². The summed E-state index contributed by atoms with van der Waals surface area (Å²) in [7, 11) is 2.18. The summed E-state index contributed by atoms with van der Waals surface area (Å²) in [6.07, 6.45) is 6.69. The van der Waals surface area contributed by atoms with Crippen LogP contribution in [0.4, 0.5) is 0 Å². The smallest absolute Gasteiger partial charge is 0.0409 e. The molecule has 1 aliphatic carbocycles. The van der Waals surface area contributed by atoms with Crippen LogP contribution in [0.15, 0.2) is 24.3 Å². The van der Waals surface area contributed by atoms with Crippen LogP contribution in [0.2, 0.25) is 5.02 Å². The van der Waals surface area contributed by atoms with Gasteiger partial charge >= 0.3 is 0 Å².